The Labute approximate surface area is 229 Å². The number of carbonyl (C=O) groups excluding carboxylic acids is 2. The van der Waals surface area contributed by atoms with Crippen molar-refractivity contribution in [3.05, 3.63) is 22.6 Å². The van der Waals surface area contributed by atoms with Crippen LogP contribution in [0.5, 0.6) is 6.01 Å². The molecule has 12 nitrogen and oxygen atoms in total. The highest BCUT2D eigenvalue weighted by atomic mass is 16.7. The van der Waals surface area contributed by atoms with Gasteiger partial charge in [0, 0.05) is 24.7 Å². The monoisotopic (exact) mass is 548 g/mol. The van der Waals surface area contributed by atoms with Crippen LogP contribution in [0.25, 0.3) is 5.52 Å². The van der Waals surface area contributed by atoms with Crippen LogP contribution in [0.3, 0.4) is 0 Å². The zero-order valence-electron chi connectivity index (χ0n) is 24.9. The van der Waals surface area contributed by atoms with Crippen molar-refractivity contribution >= 4 is 30.2 Å². The van der Waals surface area contributed by atoms with E-state index in [0.29, 0.717) is 5.46 Å². The van der Waals surface area contributed by atoms with Gasteiger partial charge in [-0.1, -0.05) is 0 Å². The summed E-state index contributed by atoms with van der Waals surface area (Å²) in [6.45, 7) is 17.8. The number of fused-ring (bicyclic) bond motifs is 1. The predicted molar refractivity (Wildman–Crippen MR) is 145 cm³/mol. The average Bonchev–Trinajstić information content (AvgIpc) is 3.27. The number of methoxy groups -OCH3 is 1. The molecule has 0 radical (unpaired) electrons. The average molecular weight is 548 g/mol. The smallest absolute Gasteiger partial charge is 0.467 e. The Balaban J connectivity index is 1.90. The molecule has 0 bridgehead atoms. The molecule has 2 aromatic heterocycles. The molecule has 0 saturated carbocycles. The van der Waals surface area contributed by atoms with Crippen LogP contribution in [-0.4, -0.2) is 80.9 Å². The molecule has 0 aromatic carbocycles. The van der Waals surface area contributed by atoms with Gasteiger partial charge >= 0.3 is 25.2 Å². The maximum atomic E-state index is 13.5. The minimum absolute atomic E-state index is 0.00937. The Kier molecular flexibility index (Phi) is 8.20. The lowest BCUT2D eigenvalue weighted by Gasteiger charge is -2.32. The number of nitrogens with zero attached hydrogens (tertiary/aromatic N) is 4. The zero-order valence-corrected chi connectivity index (χ0v) is 24.9. The summed E-state index contributed by atoms with van der Waals surface area (Å²) in [5.41, 5.74) is -2.09. The quantitative estimate of drug-likeness (QED) is 0.379. The van der Waals surface area contributed by atoms with E-state index < -0.39 is 47.1 Å². The van der Waals surface area contributed by atoms with Gasteiger partial charge in [0.05, 0.1) is 18.3 Å². The van der Waals surface area contributed by atoms with Crippen molar-refractivity contribution in [1.29, 1.82) is 0 Å². The van der Waals surface area contributed by atoms with E-state index in [9.17, 15) is 14.4 Å². The number of hydrogen-bond donors (Lipinski definition) is 0. The maximum Gasteiger partial charge on any atom is 0.496 e. The fourth-order valence-corrected chi connectivity index (χ4v) is 3.85. The minimum atomic E-state index is -0.784. The Bertz CT molecular complexity index is 1270. The summed E-state index contributed by atoms with van der Waals surface area (Å²) < 4.78 is 31.2. The molecule has 3 heterocycles. The summed E-state index contributed by atoms with van der Waals surface area (Å²) in [7, 11) is 0.724. The zero-order chi connectivity index (χ0) is 29.6. The number of carbonyl (C=O) groups is 2. The fourth-order valence-electron chi connectivity index (χ4n) is 3.85. The molecule has 0 atom stereocenters. The van der Waals surface area contributed by atoms with E-state index in [1.807, 2.05) is 27.7 Å². The van der Waals surface area contributed by atoms with Crippen molar-refractivity contribution in [1.82, 2.24) is 19.1 Å². The van der Waals surface area contributed by atoms with Gasteiger partial charge in [-0.25, -0.2) is 9.31 Å². The van der Waals surface area contributed by atoms with Crippen LogP contribution in [0.1, 0.15) is 69.2 Å². The van der Waals surface area contributed by atoms with Crippen molar-refractivity contribution in [2.75, 3.05) is 20.2 Å². The second kappa shape index (κ2) is 10.5. The molecule has 0 N–H and O–H groups in total. The van der Waals surface area contributed by atoms with E-state index in [-0.39, 0.29) is 31.2 Å². The summed E-state index contributed by atoms with van der Waals surface area (Å²) >= 11 is 0. The maximum absolute atomic E-state index is 13.5. The van der Waals surface area contributed by atoms with Crippen molar-refractivity contribution in [2.45, 2.75) is 98.2 Å². The molecule has 216 valence electrons. The van der Waals surface area contributed by atoms with Gasteiger partial charge in [0.1, 0.15) is 23.3 Å². The van der Waals surface area contributed by atoms with Crippen LogP contribution >= 0.6 is 0 Å². The molecule has 13 heteroatoms. The SMILES string of the molecule is COc1nn2cc(B3OC(C)(C)C(C)(C)O3)cc2c(=O)n1CCN(CC(=O)OC(C)(C)C)C(=O)OC(C)(C)C. The molecule has 0 unspecified atom stereocenters. The molecule has 1 aliphatic heterocycles. The minimum Gasteiger partial charge on any atom is -0.467 e. The van der Waals surface area contributed by atoms with Crippen molar-refractivity contribution in [2.24, 2.45) is 0 Å². The first-order chi connectivity index (χ1) is 17.7. The molecule has 1 saturated heterocycles. The fraction of sp³-hybridized carbons (Fsp3) is 0.692. The third-order valence-electron chi connectivity index (χ3n) is 6.40. The third-order valence-corrected chi connectivity index (χ3v) is 6.40. The lowest BCUT2D eigenvalue weighted by molar-refractivity contribution is -0.156. The lowest BCUT2D eigenvalue weighted by Crippen LogP contribution is -2.43. The van der Waals surface area contributed by atoms with E-state index in [1.54, 1.807) is 53.8 Å². The normalized spacial score (nSPS) is 16.8. The summed E-state index contributed by atoms with van der Waals surface area (Å²) in [5, 5.41) is 4.43. The van der Waals surface area contributed by atoms with Gasteiger partial charge < -0.3 is 23.5 Å². The van der Waals surface area contributed by atoms with E-state index in [1.165, 1.54) is 21.1 Å². The standard InChI is InChI=1S/C26H41BN4O8/c1-23(2,3)36-19(32)16-29(22(34)37-24(4,5)6)12-13-30-20(33)18-14-17(15-31(18)28-21(30)35-11)27-38-25(7,8)26(9,10)39-27/h14-15H,12-13,16H2,1-11H3. The Morgan fingerprint density at radius 2 is 1.59 bits per heavy atom. The first-order valence-electron chi connectivity index (χ1n) is 13.0. The Hall–Kier alpha value is -3.06. The number of hydrogen-bond acceptors (Lipinski definition) is 9. The highest BCUT2D eigenvalue weighted by Crippen LogP contribution is 2.36. The first-order valence-corrected chi connectivity index (χ1v) is 13.0. The summed E-state index contributed by atoms with van der Waals surface area (Å²) in [5.74, 6) is -0.597. The van der Waals surface area contributed by atoms with Crippen molar-refractivity contribution < 1.29 is 33.1 Å². The molecular weight excluding hydrogens is 507 g/mol. The highest BCUT2D eigenvalue weighted by molar-refractivity contribution is 6.62. The van der Waals surface area contributed by atoms with Gasteiger partial charge in [0.25, 0.3) is 5.56 Å². The lowest BCUT2D eigenvalue weighted by atomic mass is 9.81. The second-order valence-corrected chi connectivity index (χ2v) is 12.6. The molecule has 1 amide bonds. The van der Waals surface area contributed by atoms with Gasteiger partial charge in [-0.15, -0.1) is 5.10 Å². The second-order valence-electron chi connectivity index (χ2n) is 12.6. The molecule has 3 rings (SSSR count). The Morgan fingerprint density at radius 3 is 2.10 bits per heavy atom. The largest absolute Gasteiger partial charge is 0.496 e. The first kappa shape index (κ1) is 30.5. The molecule has 0 aliphatic carbocycles. The molecule has 1 fully saturated rings. The Morgan fingerprint density at radius 1 is 1.03 bits per heavy atom. The van der Waals surface area contributed by atoms with Crippen LogP contribution in [-0.2, 0) is 30.1 Å². The number of aromatic nitrogens is 3. The van der Waals surface area contributed by atoms with Crippen LogP contribution in [0.2, 0.25) is 0 Å². The summed E-state index contributed by atoms with van der Waals surface area (Å²) in [4.78, 5) is 40.2. The molecule has 39 heavy (non-hydrogen) atoms. The van der Waals surface area contributed by atoms with E-state index in [2.05, 4.69) is 5.10 Å². The van der Waals surface area contributed by atoms with Gasteiger partial charge in [0.15, 0.2) is 0 Å². The van der Waals surface area contributed by atoms with E-state index >= 15 is 0 Å². The van der Waals surface area contributed by atoms with E-state index in [4.69, 9.17) is 23.5 Å². The number of amides is 1. The summed E-state index contributed by atoms with van der Waals surface area (Å²) in [6, 6.07) is 1.70. The van der Waals surface area contributed by atoms with Crippen LogP contribution in [0.4, 0.5) is 4.79 Å². The molecule has 2 aromatic rings. The van der Waals surface area contributed by atoms with Crippen LogP contribution in [0, 0.1) is 0 Å². The number of rotatable bonds is 7. The third kappa shape index (κ3) is 7.13. The molecular formula is C26H41BN4O8. The van der Waals surface area contributed by atoms with Crippen molar-refractivity contribution in [3.8, 4) is 6.01 Å². The van der Waals surface area contributed by atoms with Crippen molar-refractivity contribution in [3.63, 3.8) is 0 Å². The van der Waals surface area contributed by atoms with Crippen LogP contribution in [0.15, 0.2) is 17.1 Å². The molecule has 1 aliphatic rings. The van der Waals surface area contributed by atoms with Gasteiger partial charge in [-0.05, 0) is 75.3 Å². The van der Waals surface area contributed by atoms with E-state index in [0.717, 1.165) is 0 Å². The summed E-state index contributed by atoms with van der Waals surface area (Å²) in [6.07, 6.45) is 0.960. The topological polar surface area (TPSA) is 123 Å². The van der Waals surface area contributed by atoms with Crippen LogP contribution < -0.4 is 15.8 Å². The molecule has 0 spiro atoms. The van der Waals surface area contributed by atoms with Gasteiger partial charge in [0.2, 0.25) is 0 Å². The number of esters is 1. The van der Waals surface area contributed by atoms with Gasteiger partial charge in [-0.2, -0.15) is 0 Å². The van der Waals surface area contributed by atoms with Gasteiger partial charge in [-0.3, -0.25) is 19.1 Å². The highest BCUT2D eigenvalue weighted by Gasteiger charge is 2.52. The predicted octanol–water partition coefficient (Wildman–Crippen LogP) is 2.38. The number of ether oxygens (including phenoxy) is 3.